The molecule has 0 bridgehead atoms. The summed E-state index contributed by atoms with van der Waals surface area (Å²) >= 11 is 14.6. The second-order valence-electron chi connectivity index (χ2n) is 3.12. The van der Waals surface area contributed by atoms with Gasteiger partial charge in [0.15, 0.2) is 0 Å². The number of rotatable bonds is 2. The van der Waals surface area contributed by atoms with E-state index in [1.54, 1.807) is 6.07 Å². The molecule has 6 heteroatoms. The first-order valence-corrected chi connectivity index (χ1v) is 6.05. The lowest BCUT2D eigenvalue weighted by Gasteiger charge is -2.07. The lowest BCUT2D eigenvalue weighted by Crippen LogP contribution is -1.89. The van der Waals surface area contributed by atoms with E-state index in [-0.39, 0.29) is 5.02 Å². The van der Waals surface area contributed by atoms with Gasteiger partial charge in [0.05, 0.1) is 14.5 Å². The first-order chi connectivity index (χ1) is 8.06. The Morgan fingerprint density at radius 2 is 2.00 bits per heavy atom. The normalized spacial score (nSPS) is 10.4. The second kappa shape index (κ2) is 5.21. The summed E-state index contributed by atoms with van der Waals surface area (Å²) in [6.45, 7) is 0. The Kier molecular flexibility index (Phi) is 3.86. The van der Waals surface area contributed by atoms with Gasteiger partial charge >= 0.3 is 0 Å². The van der Waals surface area contributed by atoms with E-state index in [9.17, 15) is 4.39 Å². The van der Waals surface area contributed by atoms with Crippen LogP contribution in [0.2, 0.25) is 10.0 Å². The Morgan fingerprint density at radius 3 is 2.65 bits per heavy atom. The van der Waals surface area contributed by atoms with Crippen molar-refractivity contribution in [1.29, 1.82) is 0 Å². The Balaban J connectivity index is 2.28. The summed E-state index contributed by atoms with van der Waals surface area (Å²) in [5, 5.41) is 0.481. The molecule has 0 aliphatic rings. The van der Waals surface area contributed by atoms with Gasteiger partial charge < -0.3 is 4.74 Å². The Hall–Kier alpha value is -0.840. The van der Waals surface area contributed by atoms with Crippen LogP contribution in [0.25, 0.3) is 0 Å². The first kappa shape index (κ1) is 12.6. The first-order valence-electron chi connectivity index (χ1n) is 4.50. The summed E-state index contributed by atoms with van der Waals surface area (Å²) in [6, 6.07) is 5.71. The van der Waals surface area contributed by atoms with E-state index in [1.807, 2.05) is 0 Å². The Bertz CT molecular complexity index is 565. The summed E-state index contributed by atoms with van der Waals surface area (Å²) < 4.78 is 19.0. The van der Waals surface area contributed by atoms with Crippen LogP contribution < -0.4 is 4.74 Å². The van der Waals surface area contributed by atoms with Gasteiger partial charge in [0.2, 0.25) is 5.88 Å². The zero-order valence-corrected chi connectivity index (χ0v) is 11.4. The van der Waals surface area contributed by atoms with Crippen molar-refractivity contribution in [3.8, 4) is 11.6 Å². The van der Waals surface area contributed by atoms with Crippen LogP contribution in [0.5, 0.6) is 11.6 Å². The van der Waals surface area contributed by atoms with Gasteiger partial charge in [-0.25, -0.2) is 9.37 Å². The molecule has 2 aromatic rings. The van der Waals surface area contributed by atoms with E-state index in [2.05, 4.69) is 20.9 Å². The molecule has 0 N–H and O–H groups in total. The zero-order chi connectivity index (χ0) is 12.4. The summed E-state index contributed by atoms with van der Waals surface area (Å²) in [4.78, 5) is 3.99. The van der Waals surface area contributed by atoms with Gasteiger partial charge in [0.1, 0.15) is 11.6 Å². The summed E-state index contributed by atoms with van der Waals surface area (Å²) in [5.41, 5.74) is 0. The highest BCUT2D eigenvalue weighted by molar-refractivity contribution is 9.10. The number of aromatic nitrogens is 1. The fourth-order valence-corrected chi connectivity index (χ4v) is 2.02. The molecule has 17 heavy (non-hydrogen) atoms. The van der Waals surface area contributed by atoms with Gasteiger partial charge in [-0.15, -0.1) is 0 Å². The molecule has 0 atom stereocenters. The molecule has 0 amide bonds. The van der Waals surface area contributed by atoms with Gasteiger partial charge in [-0.2, -0.15) is 0 Å². The molecule has 0 unspecified atom stereocenters. The van der Waals surface area contributed by atoms with Crippen molar-refractivity contribution >= 4 is 39.1 Å². The molecule has 1 aromatic carbocycles. The van der Waals surface area contributed by atoms with Crippen molar-refractivity contribution in [2.24, 2.45) is 0 Å². The van der Waals surface area contributed by atoms with Crippen molar-refractivity contribution in [3.05, 3.63) is 50.8 Å². The molecule has 0 saturated heterocycles. The van der Waals surface area contributed by atoms with Gasteiger partial charge in [-0.1, -0.05) is 23.2 Å². The third-order valence-electron chi connectivity index (χ3n) is 1.88. The highest BCUT2D eigenvalue weighted by Gasteiger charge is 2.07. The van der Waals surface area contributed by atoms with Gasteiger partial charge in [-0.05, 0) is 34.1 Å². The molecule has 2 rings (SSSR count). The topological polar surface area (TPSA) is 22.1 Å². The number of hydrogen-bond acceptors (Lipinski definition) is 2. The smallest absolute Gasteiger partial charge is 0.233 e. The number of nitrogens with zero attached hydrogens (tertiary/aromatic N) is 1. The van der Waals surface area contributed by atoms with E-state index >= 15 is 0 Å². The Labute approximate surface area is 115 Å². The minimum absolute atomic E-state index is 0.00686. The van der Waals surface area contributed by atoms with E-state index in [1.165, 1.54) is 24.4 Å². The molecular weight excluding hydrogens is 332 g/mol. The molecule has 2 nitrogen and oxygen atoms in total. The van der Waals surface area contributed by atoms with Crippen LogP contribution in [-0.4, -0.2) is 4.98 Å². The molecular formula is C11H5BrCl2FNO. The van der Waals surface area contributed by atoms with Gasteiger partial charge in [-0.3, -0.25) is 0 Å². The molecule has 0 radical (unpaired) electrons. The molecule has 0 aliphatic heterocycles. The van der Waals surface area contributed by atoms with E-state index < -0.39 is 5.82 Å². The standard InChI is InChI=1S/C11H5BrCl2FNO/c12-8-3-6(13)5-16-11(8)17-7-1-2-10(15)9(14)4-7/h1-5H. The number of ether oxygens (including phenoxy) is 1. The molecule has 88 valence electrons. The minimum Gasteiger partial charge on any atom is -0.438 e. The summed E-state index contributed by atoms with van der Waals surface area (Å²) in [7, 11) is 0. The predicted octanol–water partition coefficient (Wildman–Crippen LogP) is 5.08. The molecule has 0 aliphatic carbocycles. The Morgan fingerprint density at radius 1 is 1.24 bits per heavy atom. The monoisotopic (exact) mass is 335 g/mol. The number of hydrogen-bond donors (Lipinski definition) is 0. The van der Waals surface area contributed by atoms with Crippen molar-refractivity contribution < 1.29 is 9.13 Å². The number of pyridine rings is 1. The van der Waals surface area contributed by atoms with E-state index in [0.29, 0.717) is 21.1 Å². The summed E-state index contributed by atoms with van der Waals surface area (Å²) in [6.07, 6.45) is 1.45. The van der Waals surface area contributed by atoms with Crippen LogP contribution in [0.3, 0.4) is 0 Å². The lowest BCUT2D eigenvalue weighted by atomic mass is 10.3. The highest BCUT2D eigenvalue weighted by atomic mass is 79.9. The van der Waals surface area contributed by atoms with Crippen molar-refractivity contribution in [1.82, 2.24) is 4.98 Å². The molecule has 0 fully saturated rings. The van der Waals surface area contributed by atoms with Crippen LogP contribution in [-0.2, 0) is 0 Å². The van der Waals surface area contributed by atoms with Crippen molar-refractivity contribution in [2.75, 3.05) is 0 Å². The maximum absolute atomic E-state index is 12.9. The van der Waals surface area contributed by atoms with Crippen LogP contribution in [0, 0.1) is 5.82 Å². The van der Waals surface area contributed by atoms with Gasteiger partial charge in [0, 0.05) is 12.3 Å². The maximum atomic E-state index is 12.9. The quantitative estimate of drug-likeness (QED) is 0.762. The van der Waals surface area contributed by atoms with Crippen molar-refractivity contribution in [3.63, 3.8) is 0 Å². The minimum atomic E-state index is -0.498. The molecule has 0 saturated carbocycles. The molecule has 1 heterocycles. The van der Waals surface area contributed by atoms with E-state index in [0.717, 1.165) is 0 Å². The van der Waals surface area contributed by atoms with Gasteiger partial charge in [0.25, 0.3) is 0 Å². The predicted molar refractivity (Wildman–Crippen MR) is 68.4 cm³/mol. The fourth-order valence-electron chi connectivity index (χ4n) is 1.13. The molecule has 1 aromatic heterocycles. The zero-order valence-electron chi connectivity index (χ0n) is 8.25. The molecule has 0 spiro atoms. The van der Waals surface area contributed by atoms with Crippen LogP contribution >= 0.6 is 39.1 Å². The number of benzene rings is 1. The fraction of sp³-hybridized carbons (Fsp3) is 0. The van der Waals surface area contributed by atoms with Crippen molar-refractivity contribution in [2.45, 2.75) is 0 Å². The largest absolute Gasteiger partial charge is 0.438 e. The van der Waals surface area contributed by atoms with Crippen LogP contribution in [0.4, 0.5) is 4.39 Å². The van der Waals surface area contributed by atoms with Crippen LogP contribution in [0.1, 0.15) is 0 Å². The van der Waals surface area contributed by atoms with E-state index in [4.69, 9.17) is 27.9 Å². The highest BCUT2D eigenvalue weighted by Crippen LogP contribution is 2.30. The summed E-state index contributed by atoms with van der Waals surface area (Å²) in [5.74, 6) is 0.228. The second-order valence-corrected chi connectivity index (χ2v) is 4.82. The average Bonchev–Trinajstić information content (AvgIpc) is 2.27. The third-order valence-corrected chi connectivity index (χ3v) is 2.94. The maximum Gasteiger partial charge on any atom is 0.233 e. The third kappa shape index (κ3) is 3.09. The van der Waals surface area contributed by atoms with Crippen LogP contribution in [0.15, 0.2) is 34.9 Å². The SMILES string of the molecule is Fc1ccc(Oc2ncc(Cl)cc2Br)cc1Cl. The number of halogens is 4. The lowest BCUT2D eigenvalue weighted by molar-refractivity contribution is 0.458. The average molecular weight is 337 g/mol.